The summed E-state index contributed by atoms with van der Waals surface area (Å²) in [6, 6.07) is 4.49. The van der Waals surface area contributed by atoms with Crippen molar-refractivity contribution in [1.29, 1.82) is 0 Å². The van der Waals surface area contributed by atoms with E-state index in [0.29, 0.717) is 11.1 Å². The van der Waals surface area contributed by atoms with Crippen LogP contribution in [0.15, 0.2) is 18.2 Å². The minimum absolute atomic E-state index is 0.100. The lowest BCUT2D eigenvalue weighted by Gasteiger charge is -2.42. The molecule has 0 unspecified atom stereocenters. The summed E-state index contributed by atoms with van der Waals surface area (Å²) in [5, 5.41) is 5.72. The molecule has 8 nitrogen and oxygen atoms in total. The molecule has 3 heterocycles. The number of likely N-dealkylation sites (tertiary alicyclic amines) is 1. The normalized spacial score (nSPS) is 25.4. The average molecular weight is 412 g/mol. The van der Waals surface area contributed by atoms with E-state index in [0.717, 1.165) is 36.5 Å². The van der Waals surface area contributed by atoms with Crippen LogP contribution in [0.5, 0.6) is 0 Å². The first kappa shape index (κ1) is 20.5. The lowest BCUT2D eigenvalue weighted by atomic mass is 9.98. The maximum atomic E-state index is 13.0. The molecule has 2 N–H and O–H groups in total. The Kier molecular flexibility index (Phi) is 5.13. The third kappa shape index (κ3) is 3.71. The van der Waals surface area contributed by atoms with Crippen molar-refractivity contribution in [1.82, 2.24) is 15.1 Å². The largest absolute Gasteiger partial charge is 0.381 e. The Morgan fingerprint density at radius 2 is 1.77 bits per heavy atom. The van der Waals surface area contributed by atoms with Crippen LogP contribution in [0.1, 0.15) is 67.2 Å². The number of rotatable bonds is 3. The quantitative estimate of drug-likeness (QED) is 0.734. The van der Waals surface area contributed by atoms with Crippen LogP contribution >= 0.6 is 0 Å². The highest BCUT2D eigenvalue weighted by molar-refractivity contribution is 6.23. The van der Waals surface area contributed by atoms with Gasteiger partial charge in [0.2, 0.25) is 11.8 Å². The molecular formula is C22H28N4O4. The van der Waals surface area contributed by atoms with Gasteiger partial charge in [-0.2, -0.15) is 0 Å². The van der Waals surface area contributed by atoms with E-state index in [1.54, 1.807) is 12.1 Å². The minimum Gasteiger partial charge on any atom is -0.381 e. The first-order chi connectivity index (χ1) is 14.1. The number of hydrogen-bond donors (Lipinski definition) is 2. The van der Waals surface area contributed by atoms with Gasteiger partial charge < -0.3 is 5.32 Å². The van der Waals surface area contributed by atoms with Crippen LogP contribution in [0.25, 0.3) is 0 Å². The summed E-state index contributed by atoms with van der Waals surface area (Å²) in [7, 11) is 0. The Balaban J connectivity index is 1.51. The Morgan fingerprint density at radius 3 is 2.47 bits per heavy atom. The van der Waals surface area contributed by atoms with Gasteiger partial charge in [0.05, 0.1) is 11.1 Å². The summed E-state index contributed by atoms with van der Waals surface area (Å²) in [6.45, 7) is 8.60. The monoisotopic (exact) mass is 412 g/mol. The van der Waals surface area contributed by atoms with Gasteiger partial charge in [-0.25, -0.2) is 0 Å². The van der Waals surface area contributed by atoms with Gasteiger partial charge >= 0.3 is 0 Å². The van der Waals surface area contributed by atoms with Crippen LogP contribution in [0.2, 0.25) is 0 Å². The summed E-state index contributed by atoms with van der Waals surface area (Å²) in [6.07, 6.45) is 2.41. The topological polar surface area (TPSA) is 98.8 Å². The van der Waals surface area contributed by atoms with Crippen molar-refractivity contribution in [3.63, 3.8) is 0 Å². The Morgan fingerprint density at radius 1 is 1.03 bits per heavy atom. The SMILES string of the molecule is CC(C)(C)N1CCC[C@H](Nc2ccc3c(c2)C(=O)N([C@@H]2CCC(=O)NC2=O)C3=O)C1. The molecule has 8 heteroatoms. The number of piperidine rings is 2. The summed E-state index contributed by atoms with van der Waals surface area (Å²) in [5.41, 5.74) is 1.50. The molecule has 0 saturated carbocycles. The number of carbonyl (C=O) groups excluding carboxylic acids is 4. The van der Waals surface area contributed by atoms with Gasteiger partial charge in [-0.1, -0.05) is 0 Å². The molecule has 0 aromatic heterocycles. The first-order valence-corrected chi connectivity index (χ1v) is 10.5. The molecule has 30 heavy (non-hydrogen) atoms. The van der Waals surface area contributed by atoms with Crippen LogP contribution in [0.3, 0.4) is 0 Å². The van der Waals surface area contributed by atoms with Gasteiger partial charge in [-0.05, 0) is 64.8 Å². The van der Waals surface area contributed by atoms with Gasteiger partial charge in [-0.15, -0.1) is 0 Å². The maximum Gasteiger partial charge on any atom is 0.262 e. The van der Waals surface area contributed by atoms with Crippen molar-refractivity contribution in [2.75, 3.05) is 18.4 Å². The highest BCUT2D eigenvalue weighted by atomic mass is 16.2. The number of hydrogen-bond acceptors (Lipinski definition) is 6. The van der Waals surface area contributed by atoms with Crippen LogP contribution in [-0.4, -0.2) is 64.1 Å². The molecule has 4 rings (SSSR count). The first-order valence-electron chi connectivity index (χ1n) is 10.5. The Hall–Kier alpha value is -2.74. The van der Waals surface area contributed by atoms with Crippen molar-refractivity contribution in [2.45, 2.75) is 64.1 Å². The predicted octanol–water partition coefficient (Wildman–Crippen LogP) is 1.76. The van der Waals surface area contributed by atoms with Crippen LogP contribution in [-0.2, 0) is 9.59 Å². The Bertz CT molecular complexity index is 920. The van der Waals surface area contributed by atoms with E-state index in [2.05, 4.69) is 36.3 Å². The second-order valence-electron chi connectivity index (χ2n) is 9.31. The van der Waals surface area contributed by atoms with E-state index in [1.165, 1.54) is 0 Å². The van der Waals surface area contributed by atoms with Gasteiger partial charge in [0.1, 0.15) is 6.04 Å². The van der Waals surface area contributed by atoms with E-state index in [-0.39, 0.29) is 30.3 Å². The third-order valence-electron chi connectivity index (χ3n) is 6.18. The third-order valence-corrected chi connectivity index (χ3v) is 6.18. The lowest BCUT2D eigenvalue weighted by Crippen LogP contribution is -2.54. The fourth-order valence-electron chi connectivity index (χ4n) is 4.50. The van der Waals surface area contributed by atoms with Gasteiger partial charge in [0.25, 0.3) is 11.8 Å². The average Bonchev–Trinajstić information content (AvgIpc) is 2.92. The van der Waals surface area contributed by atoms with Crippen molar-refractivity contribution in [3.8, 4) is 0 Å². The highest BCUT2D eigenvalue weighted by Gasteiger charge is 2.44. The molecule has 2 atom stereocenters. The molecule has 0 radical (unpaired) electrons. The highest BCUT2D eigenvalue weighted by Crippen LogP contribution is 2.30. The number of fused-ring (bicyclic) bond motifs is 1. The van der Waals surface area contributed by atoms with Crippen LogP contribution in [0.4, 0.5) is 5.69 Å². The zero-order valence-corrected chi connectivity index (χ0v) is 17.7. The number of anilines is 1. The number of nitrogens with one attached hydrogen (secondary N) is 2. The molecule has 2 saturated heterocycles. The molecule has 1 aromatic rings. The van der Waals surface area contributed by atoms with Crippen LogP contribution < -0.4 is 10.6 Å². The molecule has 2 fully saturated rings. The lowest BCUT2D eigenvalue weighted by molar-refractivity contribution is -0.136. The molecule has 160 valence electrons. The van der Waals surface area contributed by atoms with E-state index in [9.17, 15) is 19.2 Å². The zero-order chi connectivity index (χ0) is 21.6. The molecule has 0 bridgehead atoms. The number of benzene rings is 1. The van der Waals surface area contributed by atoms with Gasteiger partial charge in [-0.3, -0.25) is 34.3 Å². The summed E-state index contributed by atoms with van der Waals surface area (Å²) in [5.74, 6) is -1.93. The molecule has 3 aliphatic rings. The van der Waals surface area contributed by atoms with E-state index in [1.807, 2.05) is 6.07 Å². The fourth-order valence-corrected chi connectivity index (χ4v) is 4.50. The molecule has 3 aliphatic heterocycles. The van der Waals surface area contributed by atoms with E-state index >= 15 is 0 Å². The number of imide groups is 2. The number of nitrogens with zero attached hydrogens (tertiary/aromatic N) is 2. The molecule has 0 spiro atoms. The van der Waals surface area contributed by atoms with Crippen LogP contribution in [0, 0.1) is 0 Å². The Labute approximate surface area is 176 Å². The molecule has 1 aromatic carbocycles. The summed E-state index contributed by atoms with van der Waals surface area (Å²) in [4.78, 5) is 52.8. The van der Waals surface area contributed by atoms with E-state index < -0.39 is 23.8 Å². The van der Waals surface area contributed by atoms with Crippen molar-refractivity contribution >= 4 is 29.3 Å². The second-order valence-corrected chi connectivity index (χ2v) is 9.31. The fraction of sp³-hybridized carbons (Fsp3) is 0.545. The maximum absolute atomic E-state index is 13.0. The smallest absolute Gasteiger partial charge is 0.262 e. The number of carbonyl (C=O) groups is 4. The minimum atomic E-state index is -0.940. The molecule has 4 amide bonds. The summed E-state index contributed by atoms with van der Waals surface area (Å²) >= 11 is 0. The van der Waals surface area contributed by atoms with Crippen molar-refractivity contribution in [3.05, 3.63) is 29.3 Å². The summed E-state index contributed by atoms with van der Waals surface area (Å²) < 4.78 is 0. The molecular weight excluding hydrogens is 384 g/mol. The number of amides is 4. The van der Waals surface area contributed by atoms with Crippen molar-refractivity contribution < 1.29 is 19.2 Å². The zero-order valence-electron chi connectivity index (χ0n) is 17.7. The van der Waals surface area contributed by atoms with Gasteiger partial charge in [0.15, 0.2) is 0 Å². The molecule has 0 aliphatic carbocycles. The predicted molar refractivity (Wildman–Crippen MR) is 111 cm³/mol. The van der Waals surface area contributed by atoms with Crippen molar-refractivity contribution in [2.24, 2.45) is 0 Å². The van der Waals surface area contributed by atoms with E-state index in [4.69, 9.17) is 0 Å². The second kappa shape index (κ2) is 7.50. The van der Waals surface area contributed by atoms with Gasteiger partial charge in [0, 0.05) is 30.2 Å². The standard InChI is InChI=1S/C22H28N4O4/c1-22(2,3)25-10-4-5-14(12-25)23-13-6-7-15-16(11-13)21(30)26(20(15)29)17-8-9-18(27)24-19(17)28/h6-7,11,14,17,23H,4-5,8-10,12H2,1-3H3,(H,24,27,28)/t14-,17+/m0/s1.